The summed E-state index contributed by atoms with van der Waals surface area (Å²) < 4.78 is 5.50. The molecule has 2 fully saturated rings. The van der Waals surface area contributed by atoms with Gasteiger partial charge in [0, 0.05) is 13.0 Å². The molecule has 0 aliphatic heterocycles. The molecule has 5 nitrogen and oxygen atoms in total. The lowest BCUT2D eigenvalue weighted by Gasteiger charge is -2.21. The number of nitrogens with zero attached hydrogens (tertiary/aromatic N) is 2. The summed E-state index contributed by atoms with van der Waals surface area (Å²) in [4.78, 5) is 12.7. The summed E-state index contributed by atoms with van der Waals surface area (Å²) in [5, 5.41) is 11.1. The van der Waals surface area contributed by atoms with Gasteiger partial charge in [0.15, 0.2) is 0 Å². The van der Waals surface area contributed by atoms with E-state index in [-0.39, 0.29) is 5.91 Å². The van der Waals surface area contributed by atoms with Crippen LogP contribution in [0, 0.1) is 18.8 Å². The van der Waals surface area contributed by atoms with Crippen molar-refractivity contribution in [3.8, 4) is 11.5 Å². The average Bonchev–Trinajstić information content (AvgIpc) is 3.25. The number of aryl methyl sites for hydroxylation is 1. The van der Waals surface area contributed by atoms with E-state index in [4.69, 9.17) is 4.42 Å². The molecule has 2 saturated carbocycles. The van der Waals surface area contributed by atoms with E-state index in [0.29, 0.717) is 34.9 Å². The molecule has 0 bridgehead atoms. The Bertz CT molecular complexity index is 734. The van der Waals surface area contributed by atoms with Gasteiger partial charge in [0.25, 0.3) is 5.91 Å². The van der Waals surface area contributed by atoms with Crippen LogP contribution in [0.4, 0.5) is 0 Å². The highest BCUT2D eigenvalue weighted by molar-refractivity contribution is 6.00. The first-order chi connectivity index (χ1) is 11.7. The molecule has 2 atom stereocenters. The van der Waals surface area contributed by atoms with Crippen LogP contribution in [-0.4, -0.2) is 22.1 Å². The maximum atomic E-state index is 12.7. The first-order valence-corrected chi connectivity index (χ1v) is 8.93. The topological polar surface area (TPSA) is 68.0 Å². The highest BCUT2D eigenvalue weighted by Gasteiger charge is 2.44. The van der Waals surface area contributed by atoms with E-state index >= 15 is 0 Å². The molecule has 0 spiro atoms. The minimum absolute atomic E-state index is 0.0373. The average molecular weight is 325 g/mol. The zero-order valence-electron chi connectivity index (χ0n) is 14.0. The zero-order chi connectivity index (χ0) is 16.5. The highest BCUT2D eigenvalue weighted by atomic mass is 16.4. The summed E-state index contributed by atoms with van der Waals surface area (Å²) in [5.41, 5.74) is 1.31. The third kappa shape index (κ3) is 3.07. The van der Waals surface area contributed by atoms with E-state index in [1.165, 1.54) is 32.1 Å². The summed E-state index contributed by atoms with van der Waals surface area (Å²) in [6.45, 7) is 1.75. The fourth-order valence-corrected chi connectivity index (χ4v) is 3.98. The number of hydrogen-bond donors (Lipinski definition) is 1. The summed E-state index contributed by atoms with van der Waals surface area (Å²) in [7, 11) is 0. The van der Waals surface area contributed by atoms with E-state index in [1.807, 2.05) is 24.3 Å². The fraction of sp³-hybridized carbons (Fsp3) is 0.526. The second-order valence-electron chi connectivity index (χ2n) is 7.05. The molecule has 2 aromatic rings. The Hall–Kier alpha value is -2.17. The van der Waals surface area contributed by atoms with Gasteiger partial charge in [-0.2, -0.15) is 0 Å². The summed E-state index contributed by atoms with van der Waals surface area (Å²) >= 11 is 0. The van der Waals surface area contributed by atoms with E-state index in [1.54, 1.807) is 6.92 Å². The smallest absolute Gasteiger partial charge is 0.252 e. The molecule has 1 amide bonds. The first-order valence-electron chi connectivity index (χ1n) is 8.93. The second kappa shape index (κ2) is 6.38. The van der Waals surface area contributed by atoms with Crippen LogP contribution in [0.1, 0.15) is 54.8 Å². The normalized spacial score (nSPS) is 23.9. The quantitative estimate of drug-likeness (QED) is 0.929. The molecule has 5 heteroatoms. The fourth-order valence-electron chi connectivity index (χ4n) is 3.98. The molecule has 0 radical (unpaired) electrons. The van der Waals surface area contributed by atoms with Gasteiger partial charge in [-0.1, -0.05) is 44.2 Å². The van der Waals surface area contributed by atoms with Crippen molar-refractivity contribution in [3.63, 3.8) is 0 Å². The molecule has 2 aliphatic rings. The lowest BCUT2D eigenvalue weighted by atomic mass is 9.85. The maximum absolute atomic E-state index is 12.7. The lowest BCUT2D eigenvalue weighted by Crippen LogP contribution is -2.28. The minimum atomic E-state index is -0.0373. The largest absolute Gasteiger partial charge is 0.421 e. The van der Waals surface area contributed by atoms with E-state index in [0.717, 1.165) is 12.3 Å². The number of amides is 1. The molecule has 1 heterocycles. The molecule has 1 aromatic heterocycles. The van der Waals surface area contributed by atoms with Gasteiger partial charge in [0.2, 0.25) is 11.8 Å². The Morgan fingerprint density at radius 3 is 2.71 bits per heavy atom. The van der Waals surface area contributed by atoms with Gasteiger partial charge in [-0.3, -0.25) is 4.79 Å². The predicted molar refractivity (Wildman–Crippen MR) is 90.4 cm³/mol. The molecular weight excluding hydrogens is 302 g/mol. The molecule has 24 heavy (non-hydrogen) atoms. The van der Waals surface area contributed by atoms with Crippen LogP contribution in [0.25, 0.3) is 11.5 Å². The van der Waals surface area contributed by atoms with E-state index < -0.39 is 0 Å². The van der Waals surface area contributed by atoms with Gasteiger partial charge in [0.1, 0.15) is 0 Å². The molecule has 1 aromatic carbocycles. The zero-order valence-corrected chi connectivity index (χ0v) is 14.0. The predicted octanol–water partition coefficient (Wildman–Crippen LogP) is 3.74. The van der Waals surface area contributed by atoms with E-state index in [2.05, 4.69) is 15.5 Å². The molecule has 4 rings (SSSR count). The van der Waals surface area contributed by atoms with Crippen molar-refractivity contribution >= 4 is 5.91 Å². The molecule has 0 unspecified atom stereocenters. The first kappa shape index (κ1) is 15.4. The van der Waals surface area contributed by atoms with Crippen molar-refractivity contribution < 1.29 is 9.21 Å². The summed E-state index contributed by atoms with van der Waals surface area (Å²) in [6, 6.07) is 7.76. The molecule has 126 valence electrons. The minimum Gasteiger partial charge on any atom is -0.421 e. The van der Waals surface area contributed by atoms with Crippen LogP contribution < -0.4 is 5.32 Å². The molecule has 1 N–H and O–H groups in total. The van der Waals surface area contributed by atoms with Crippen molar-refractivity contribution in [1.29, 1.82) is 0 Å². The van der Waals surface area contributed by atoms with E-state index in [9.17, 15) is 4.79 Å². The van der Waals surface area contributed by atoms with Crippen LogP contribution in [0.3, 0.4) is 0 Å². The standard InChI is InChI=1S/C19H23N3O2/c1-12-21-22-19(24-12)15-10-6-5-9-14(15)18(23)20-17-11-16(17)13-7-3-2-4-8-13/h5-6,9-10,13,16-17H,2-4,7-8,11H2,1H3,(H,20,23)/t16-,17+/m0/s1. The van der Waals surface area contributed by atoms with Crippen LogP contribution in [0.5, 0.6) is 0 Å². The van der Waals surface area contributed by atoms with Crippen LogP contribution >= 0.6 is 0 Å². The highest BCUT2D eigenvalue weighted by Crippen LogP contribution is 2.44. The van der Waals surface area contributed by atoms with Gasteiger partial charge in [-0.15, -0.1) is 10.2 Å². The van der Waals surface area contributed by atoms with Gasteiger partial charge in [0.05, 0.1) is 11.1 Å². The van der Waals surface area contributed by atoms with Gasteiger partial charge in [-0.25, -0.2) is 0 Å². The third-order valence-corrected chi connectivity index (χ3v) is 5.34. The summed E-state index contributed by atoms with van der Waals surface area (Å²) in [6.07, 6.45) is 7.85. The van der Waals surface area contributed by atoms with Crippen molar-refractivity contribution in [2.45, 2.75) is 51.5 Å². The summed E-state index contributed by atoms with van der Waals surface area (Å²) in [5.74, 6) is 2.34. The Morgan fingerprint density at radius 2 is 1.96 bits per heavy atom. The second-order valence-corrected chi connectivity index (χ2v) is 7.05. The SMILES string of the molecule is Cc1nnc(-c2ccccc2C(=O)N[C@@H]2C[C@H]2C2CCCCC2)o1. The van der Waals surface area contributed by atoms with Crippen LogP contribution in [0.2, 0.25) is 0 Å². The van der Waals surface area contributed by atoms with Crippen molar-refractivity contribution in [2.24, 2.45) is 11.8 Å². The number of hydrogen-bond acceptors (Lipinski definition) is 4. The van der Waals surface area contributed by atoms with Crippen molar-refractivity contribution in [3.05, 3.63) is 35.7 Å². The van der Waals surface area contributed by atoms with Gasteiger partial charge < -0.3 is 9.73 Å². The maximum Gasteiger partial charge on any atom is 0.252 e. The number of carbonyl (C=O) groups excluding carboxylic acids is 1. The third-order valence-electron chi connectivity index (χ3n) is 5.34. The number of aromatic nitrogens is 2. The van der Waals surface area contributed by atoms with Crippen molar-refractivity contribution in [2.75, 3.05) is 0 Å². The Balaban J connectivity index is 1.46. The monoisotopic (exact) mass is 325 g/mol. The number of benzene rings is 1. The van der Waals surface area contributed by atoms with Crippen LogP contribution in [-0.2, 0) is 0 Å². The van der Waals surface area contributed by atoms with Gasteiger partial charge >= 0.3 is 0 Å². The number of rotatable bonds is 4. The van der Waals surface area contributed by atoms with Gasteiger partial charge in [-0.05, 0) is 30.4 Å². The Morgan fingerprint density at radius 1 is 1.17 bits per heavy atom. The Kier molecular flexibility index (Phi) is 4.08. The molecule has 0 saturated heterocycles. The number of carbonyl (C=O) groups is 1. The number of nitrogens with one attached hydrogen (secondary N) is 1. The van der Waals surface area contributed by atoms with Crippen molar-refractivity contribution in [1.82, 2.24) is 15.5 Å². The Labute approximate surface area is 141 Å². The lowest BCUT2D eigenvalue weighted by molar-refractivity contribution is 0.0947. The van der Waals surface area contributed by atoms with Crippen LogP contribution in [0.15, 0.2) is 28.7 Å². The molecular formula is C19H23N3O2. The molecule has 2 aliphatic carbocycles.